The number of carbonyl (C=O) groups excluding carboxylic acids is 1. The lowest BCUT2D eigenvalue weighted by molar-refractivity contribution is -0.137. The number of esters is 1. The summed E-state index contributed by atoms with van der Waals surface area (Å²) in [5, 5.41) is 0.439. The number of aryl methyl sites for hydroxylation is 1. The third kappa shape index (κ3) is 5.21. The summed E-state index contributed by atoms with van der Waals surface area (Å²) < 4.78 is 56.5. The molecule has 0 atom stereocenters. The molecule has 0 radical (unpaired) electrons. The lowest BCUT2D eigenvalue weighted by Gasteiger charge is -2.12. The molecule has 0 saturated carbocycles. The lowest BCUT2D eigenvalue weighted by Crippen LogP contribution is -2.20. The third-order valence-electron chi connectivity index (χ3n) is 6.61. The molecule has 0 aliphatic carbocycles. The Morgan fingerprint density at radius 2 is 1.90 bits per heavy atom. The van der Waals surface area contributed by atoms with Crippen LogP contribution < -0.4 is 15.0 Å². The van der Waals surface area contributed by atoms with E-state index in [0.29, 0.717) is 56.5 Å². The summed E-state index contributed by atoms with van der Waals surface area (Å²) in [6.07, 6.45) is -1.86. The summed E-state index contributed by atoms with van der Waals surface area (Å²) in [5.41, 5.74) is 1.93. The average Bonchev–Trinajstić information content (AvgIpc) is 3.48. The number of benzene rings is 2. The molecule has 1 aliphatic rings. The molecule has 0 amide bonds. The van der Waals surface area contributed by atoms with Crippen molar-refractivity contribution in [2.75, 3.05) is 13.7 Å². The average molecular weight is 571 g/mol. The van der Waals surface area contributed by atoms with Crippen LogP contribution in [0.3, 0.4) is 0 Å². The Labute approximate surface area is 231 Å². The molecule has 1 aliphatic heterocycles. The van der Waals surface area contributed by atoms with Gasteiger partial charge in [-0.25, -0.2) is 9.78 Å². The van der Waals surface area contributed by atoms with E-state index in [1.807, 2.05) is 12.1 Å². The number of aromatic nitrogens is 2. The maximum atomic E-state index is 13.3. The normalized spacial score (nSPS) is 14.0. The van der Waals surface area contributed by atoms with Gasteiger partial charge in [-0.15, -0.1) is 11.3 Å². The Balaban J connectivity index is 1.40. The number of ether oxygens (including phenoxy) is 3. The van der Waals surface area contributed by atoms with Crippen LogP contribution in [0.4, 0.5) is 13.2 Å². The zero-order valence-electron chi connectivity index (χ0n) is 21.9. The van der Waals surface area contributed by atoms with Crippen molar-refractivity contribution in [2.45, 2.75) is 39.6 Å². The zero-order chi connectivity index (χ0) is 28.6. The topological polar surface area (TPSA) is 79.7 Å². The molecule has 2 aromatic carbocycles. The van der Waals surface area contributed by atoms with E-state index in [9.17, 15) is 22.8 Å². The second-order valence-corrected chi connectivity index (χ2v) is 10.2. The van der Waals surface area contributed by atoms with Crippen LogP contribution in [-0.2, 0) is 24.1 Å². The quantitative estimate of drug-likeness (QED) is 0.236. The van der Waals surface area contributed by atoms with Gasteiger partial charge in [0.2, 0.25) is 0 Å². The van der Waals surface area contributed by atoms with Crippen LogP contribution in [0.5, 0.6) is 11.5 Å². The molecule has 0 N–H and O–H groups in total. The minimum atomic E-state index is -4.39. The van der Waals surface area contributed by atoms with Gasteiger partial charge in [0.1, 0.15) is 22.1 Å². The first kappa shape index (κ1) is 27.4. The molecule has 4 aromatic rings. The first-order valence-electron chi connectivity index (χ1n) is 12.5. The Morgan fingerprint density at radius 3 is 2.58 bits per heavy atom. The molecule has 0 saturated heterocycles. The molecule has 2 aromatic heterocycles. The molecular weight excluding hydrogens is 545 g/mol. The molecule has 40 heavy (non-hydrogen) atoms. The minimum absolute atomic E-state index is 0.0686. The van der Waals surface area contributed by atoms with Crippen molar-refractivity contribution < 1.29 is 32.2 Å². The summed E-state index contributed by atoms with van der Waals surface area (Å²) in [7, 11) is 1.50. The Hall–Kier alpha value is -4.12. The molecule has 11 heteroatoms. The number of methoxy groups -OCH3 is 1. The lowest BCUT2D eigenvalue weighted by atomic mass is 10.1. The number of hydrogen-bond donors (Lipinski definition) is 0. The van der Waals surface area contributed by atoms with E-state index in [-0.39, 0.29) is 18.8 Å². The van der Waals surface area contributed by atoms with Crippen molar-refractivity contribution in [2.24, 2.45) is 0 Å². The van der Waals surface area contributed by atoms with E-state index in [4.69, 9.17) is 19.2 Å². The SMILES string of the molecule is CCOC(=O)c1sc2nc3n(c(=O)c2c1C)CC/C3=C\c1ccc(OCc2ccc(C(F)(F)F)cc2)c(OC)c1. The molecular formula is C29H25F3N2O5S. The van der Waals surface area contributed by atoms with Gasteiger partial charge in [0.25, 0.3) is 5.56 Å². The predicted octanol–water partition coefficient (Wildman–Crippen LogP) is 6.49. The summed E-state index contributed by atoms with van der Waals surface area (Å²) >= 11 is 1.16. The fourth-order valence-electron chi connectivity index (χ4n) is 4.59. The third-order valence-corrected chi connectivity index (χ3v) is 7.77. The van der Waals surface area contributed by atoms with Crippen molar-refractivity contribution in [1.82, 2.24) is 9.55 Å². The van der Waals surface area contributed by atoms with E-state index >= 15 is 0 Å². The van der Waals surface area contributed by atoms with Crippen LogP contribution in [0.25, 0.3) is 21.9 Å². The minimum Gasteiger partial charge on any atom is -0.493 e. The summed E-state index contributed by atoms with van der Waals surface area (Å²) in [6.45, 7) is 4.24. The van der Waals surface area contributed by atoms with Crippen LogP contribution in [-0.4, -0.2) is 29.2 Å². The van der Waals surface area contributed by atoms with Crippen LogP contribution >= 0.6 is 11.3 Å². The van der Waals surface area contributed by atoms with Gasteiger partial charge in [-0.3, -0.25) is 9.36 Å². The van der Waals surface area contributed by atoms with Crippen molar-refractivity contribution in [3.8, 4) is 11.5 Å². The molecule has 0 fully saturated rings. The summed E-state index contributed by atoms with van der Waals surface area (Å²) in [5.74, 6) is 0.979. The van der Waals surface area contributed by atoms with E-state index in [1.165, 1.54) is 19.2 Å². The zero-order valence-corrected chi connectivity index (χ0v) is 22.7. The smallest absolute Gasteiger partial charge is 0.416 e. The first-order valence-corrected chi connectivity index (χ1v) is 13.3. The van der Waals surface area contributed by atoms with E-state index in [1.54, 1.807) is 30.5 Å². The number of fused-ring (bicyclic) bond motifs is 2. The highest BCUT2D eigenvalue weighted by atomic mass is 32.1. The number of rotatable bonds is 7. The molecule has 3 heterocycles. The number of carbonyl (C=O) groups is 1. The number of thiophene rings is 1. The van der Waals surface area contributed by atoms with Gasteiger partial charge in [-0.05, 0) is 72.9 Å². The van der Waals surface area contributed by atoms with Gasteiger partial charge in [-0.2, -0.15) is 13.2 Å². The predicted molar refractivity (Wildman–Crippen MR) is 146 cm³/mol. The molecule has 0 bridgehead atoms. The standard InChI is InChI=1S/C29H25F3N2O5S/c1-4-38-28(36)24-16(2)23-26(40-24)33-25-19(11-12-34(25)27(23)35)13-18-7-10-21(22(14-18)37-3)39-15-17-5-8-20(9-6-17)29(30,31)32/h5-10,13-14H,4,11-12,15H2,1-3H3/b19-13+. The maximum Gasteiger partial charge on any atom is 0.416 e. The van der Waals surface area contributed by atoms with Gasteiger partial charge in [-0.1, -0.05) is 18.2 Å². The second-order valence-electron chi connectivity index (χ2n) is 9.16. The van der Waals surface area contributed by atoms with Crippen molar-refractivity contribution in [3.63, 3.8) is 0 Å². The Kier molecular flexibility index (Phi) is 7.41. The van der Waals surface area contributed by atoms with E-state index in [0.717, 1.165) is 34.6 Å². The highest BCUT2D eigenvalue weighted by Gasteiger charge is 2.30. The number of alkyl halides is 3. The molecule has 7 nitrogen and oxygen atoms in total. The molecule has 5 rings (SSSR count). The van der Waals surface area contributed by atoms with Gasteiger partial charge >= 0.3 is 12.1 Å². The summed E-state index contributed by atoms with van der Waals surface area (Å²) in [4.78, 5) is 31.3. The second kappa shape index (κ2) is 10.8. The van der Waals surface area contributed by atoms with Gasteiger partial charge < -0.3 is 14.2 Å². The van der Waals surface area contributed by atoms with Crippen LogP contribution in [0.15, 0.2) is 47.3 Å². The number of halogens is 3. The maximum absolute atomic E-state index is 13.3. The fraction of sp³-hybridized carbons (Fsp3) is 0.276. The number of allylic oxidation sites excluding steroid dienone is 1. The molecule has 0 unspecified atom stereocenters. The molecule has 208 valence electrons. The summed E-state index contributed by atoms with van der Waals surface area (Å²) in [6, 6.07) is 10.1. The number of nitrogens with zero attached hydrogens (tertiary/aromatic N) is 2. The van der Waals surface area contributed by atoms with Crippen molar-refractivity contribution in [1.29, 1.82) is 0 Å². The Bertz CT molecular complexity index is 1690. The monoisotopic (exact) mass is 570 g/mol. The van der Waals surface area contributed by atoms with Crippen LogP contribution in [0.2, 0.25) is 0 Å². The van der Waals surface area contributed by atoms with Gasteiger partial charge in [0, 0.05) is 6.54 Å². The van der Waals surface area contributed by atoms with E-state index in [2.05, 4.69) is 0 Å². The van der Waals surface area contributed by atoms with Crippen molar-refractivity contribution >= 4 is 39.2 Å². The Morgan fingerprint density at radius 1 is 1.15 bits per heavy atom. The number of hydrogen-bond acceptors (Lipinski definition) is 7. The highest BCUT2D eigenvalue weighted by molar-refractivity contribution is 7.20. The fourth-order valence-corrected chi connectivity index (χ4v) is 5.65. The largest absolute Gasteiger partial charge is 0.493 e. The van der Waals surface area contributed by atoms with Crippen LogP contribution in [0.1, 0.15) is 51.1 Å². The van der Waals surface area contributed by atoms with E-state index < -0.39 is 17.7 Å². The van der Waals surface area contributed by atoms with Gasteiger partial charge in [0.05, 0.1) is 24.7 Å². The molecule has 0 spiro atoms. The highest BCUT2D eigenvalue weighted by Crippen LogP contribution is 2.35. The van der Waals surface area contributed by atoms with Crippen molar-refractivity contribution in [3.05, 3.63) is 85.8 Å². The van der Waals surface area contributed by atoms with Gasteiger partial charge in [0.15, 0.2) is 11.5 Å². The first-order chi connectivity index (χ1) is 19.1. The van der Waals surface area contributed by atoms with Crippen LogP contribution in [0, 0.1) is 6.92 Å².